The van der Waals surface area contributed by atoms with Gasteiger partial charge < -0.3 is 5.73 Å². The first-order chi connectivity index (χ1) is 7.40. The van der Waals surface area contributed by atoms with E-state index in [0.29, 0.717) is 12.8 Å². The van der Waals surface area contributed by atoms with Gasteiger partial charge in [0.05, 0.1) is 5.25 Å². The maximum absolute atomic E-state index is 11.8. The average molecular weight is 244 g/mol. The quantitative estimate of drug-likeness (QED) is 0.675. The molecule has 0 heterocycles. The van der Waals surface area contributed by atoms with Crippen LogP contribution >= 0.6 is 0 Å². The summed E-state index contributed by atoms with van der Waals surface area (Å²) in [5.74, 6) is -0.671. The summed E-state index contributed by atoms with van der Waals surface area (Å²) in [5.41, 5.74) is 4.72. The van der Waals surface area contributed by atoms with E-state index in [4.69, 9.17) is 5.73 Å². The minimum absolute atomic E-state index is 0.0677. The van der Waals surface area contributed by atoms with Crippen molar-refractivity contribution >= 4 is 15.9 Å². The summed E-state index contributed by atoms with van der Waals surface area (Å²) < 4.78 is 25.2. The monoisotopic (exact) mass is 244 g/mol. The van der Waals surface area contributed by atoms with Gasteiger partial charge in [0, 0.05) is 5.92 Å². The largest absolute Gasteiger partial charge is 0.314 e. The summed E-state index contributed by atoms with van der Waals surface area (Å²) in [6, 6.07) is 0. The van der Waals surface area contributed by atoms with Gasteiger partial charge in [0.15, 0.2) is 0 Å². The van der Waals surface area contributed by atoms with Gasteiger partial charge in [-0.3, -0.25) is 9.52 Å². The first kappa shape index (κ1) is 11.6. The molecule has 1 saturated carbocycles. The Morgan fingerprint density at radius 2 is 2.19 bits per heavy atom. The molecule has 3 N–H and O–H groups in total. The third-order valence-electron chi connectivity index (χ3n) is 3.25. The molecule has 0 saturated heterocycles. The molecule has 0 aromatic heterocycles. The van der Waals surface area contributed by atoms with Crippen LogP contribution < -0.4 is 10.5 Å². The van der Waals surface area contributed by atoms with Crippen molar-refractivity contribution < 1.29 is 13.2 Å². The van der Waals surface area contributed by atoms with Crippen LogP contribution in [0, 0.1) is 5.92 Å². The van der Waals surface area contributed by atoms with Gasteiger partial charge in [0.2, 0.25) is 10.0 Å². The Labute approximate surface area is 95.1 Å². The van der Waals surface area contributed by atoms with Crippen LogP contribution in [0.25, 0.3) is 0 Å². The van der Waals surface area contributed by atoms with Crippen molar-refractivity contribution in [3.05, 3.63) is 12.2 Å². The van der Waals surface area contributed by atoms with Gasteiger partial charge in [0.1, 0.15) is 5.54 Å². The second kappa shape index (κ2) is 3.56. The molecule has 2 aliphatic rings. The highest BCUT2D eigenvalue weighted by Gasteiger charge is 2.46. The summed E-state index contributed by atoms with van der Waals surface area (Å²) in [6.45, 7) is 1.92. The van der Waals surface area contributed by atoms with Crippen LogP contribution in [0.2, 0.25) is 0 Å². The molecular weight excluding hydrogens is 228 g/mol. The summed E-state index contributed by atoms with van der Waals surface area (Å²) in [4.78, 5) is 11.8. The van der Waals surface area contributed by atoms with E-state index in [1.165, 1.54) is 0 Å². The Balaban J connectivity index is 2.07. The Bertz CT molecular complexity index is 439. The number of sulfonamides is 1. The maximum atomic E-state index is 11.8. The normalized spacial score (nSPS) is 33.2. The fraction of sp³-hybridized carbons (Fsp3) is 0.700. The van der Waals surface area contributed by atoms with Crippen molar-refractivity contribution in [2.24, 2.45) is 11.7 Å². The highest BCUT2D eigenvalue weighted by Crippen LogP contribution is 2.32. The molecule has 90 valence electrons. The molecule has 2 rings (SSSR count). The first-order valence-electron chi connectivity index (χ1n) is 5.44. The van der Waals surface area contributed by atoms with E-state index < -0.39 is 26.7 Å². The number of hydrogen-bond donors (Lipinski definition) is 2. The van der Waals surface area contributed by atoms with Gasteiger partial charge in [-0.2, -0.15) is 0 Å². The fourth-order valence-corrected chi connectivity index (χ4v) is 3.20. The number of nitrogens with one attached hydrogen (secondary N) is 1. The van der Waals surface area contributed by atoms with E-state index in [2.05, 4.69) is 4.72 Å². The maximum Gasteiger partial charge on any atom is 0.258 e. The lowest BCUT2D eigenvalue weighted by molar-refractivity contribution is -0.124. The van der Waals surface area contributed by atoms with Crippen LogP contribution in [-0.4, -0.2) is 25.1 Å². The van der Waals surface area contributed by atoms with E-state index >= 15 is 0 Å². The lowest BCUT2D eigenvalue weighted by atomic mass is 9.73. The predicted molar refractivity (Wildman–Crippen MR) is 59.9 cm³/mol. The fourth-order valence-electron chi connectivity index (χ4n) is 1.84. The van der Waals surface area contributed by atoms with Crippen LogP contribution in [0.1, 0.15) is 26.2 Å². The molecule has 0 radical (unpaired) electrons. The molecule has 16 heavy (non-hydrogen) atoms. The second-order valence-corrected chi connectivity index (χ2v) is 6.44. The number of amides is 1. The van der Waals surface area contributed by atoms with Gasteiger partial charge in [-0.1, -0.05) is 19.1 Å². The van der Waals surface area contributed by atoms with E-state index in [9.17, 15) is 13.2 Å². The average Bonchev–Trinajstić information content (AvgIpc) is 2.97. The molecule has 0 aliphatic heterocycles. The number of rotatable bonds is 4. The molecule has 0 aromatic rings. The minimum atomic E-state index is -3.49. The second-order valence-electron chi connectivity index (χ2n) is 4.48. The summed E-state index contributed by atoms with van der Waals surface area (Å²) in [6.07, 6.45) is 5.40. The zero-order chi connectivity index (χ0) is 12.0. The van der Waals surface area contributed by atoms with Crippen LogP contribution in [-0.2, 0) is 14.8 Å². The van der Waals surface area contributed by atoms with Gasteiger partial charge in [-0.15, -0.1) is 0 Å². The van der Waals surface area contributed by atoms with Gasteiger partial charge in [-0.25, -0.2) is 8.42 Å². The Kier molecular flexibility index (Phi) is 2.58. The molecule has 6 heteroatoms. The molecule has 0 spiro atoms. The van der Waals surface area contributed by atoms with E-state index in [0.717, 1.165) is 6.42 Å². The molecule has 1 fully saturated rings. The third kappa shape index (κ3) is 1.76. The van der Waals surface area contributed by atoms with Gasteiger partial charge in [-0.05, 0) is 19.3 Å². The molecule has 5 nitrogen and oxygen atoms in total. The lowest BCUT2D eigenvalue weighted by Crippen LogP contribution is -2.61. The summed E-state index contributed by atoms with van der Waals surface area (Å²) >= 11 is 0. The van der Waals surface area contributed by atoms with Crippen molar-refractivity contribution in [3.63, 3.8) is 0 Å². The summed E-state index contributed by atoms with van der Waals surface area (Å²) in [5, 5.41) is -0.399. The molecule has 2 aliphatic carbocycles. The molecule has 2 unspecified atom stereocenters. The molecule has 2 atom stereocenters. The number of carbonyl (C=O) groups is 1. The highest BCUT2D eigenvalue weighted by atomic mass is 32.2. The molecule has 0 aromatic carbocycles. The van der Waals surface area contributed by atoms with Crippen molar-refractivity contribution in [1.82, 2.24) is 4.72 Å². The van der Waals surface area contributed by atoms with Crippen molar-refractivity contribution in [3.8, 4) is 0 Å². The van der Waals surface area contributed by atoms with E-state index in [-0.39, 0.29) is 5.92 Å². The molecule has 1 amide bonds. The van der Waals surface area contributed by atoms with Crippen molar-refractivity contribution in [2.45, 2.75) is 37.0 Å². The first-order valence-corrected chi connectivity index (χ1v) is 6.99. The minimum Gasteiger partial charge on any atom is -0.314 e. The van der Waals surface area contributed by atoms with Gasteiger partial charge >= 0.3 is 0 Å². The lowest BCUT2D eigenvalue weighted by Gasteiger charge is -2.37. The predicted octanol–water partition coefficient (Wildman–Crippen LogP) is -0.112. The van der Waals surface area contributed by atoms with Crippen LogP contribution in [0.4, 0.5) is 0 Å². The van der Waals surface area contributed by atoms with Crippen LogP contribution in [0.5, 0.6) is 0 Å². The Hall–Kier alpha value is -0.880. The van der Waals surface area contributed by atoms with E-state index in [1.54, 1.807) is 6.08 Å². The van der Waals surface area contributed by atoms with E-state index in [1.807, 2.05) is 13.0 Å². The third-order valence-corrected chi connectivity index (χ3v) is 5.07. The highest BCUT2D eigenvalue weighted by molar-refractivity contribution is 7.90. The number of carbonyl (C=O) groups excluding carboxylic acids is 1. The number of nitrogens with two attached hydrogens (primary N) is 1. The zero-order valence-electron chi connectivity index (χ0n) is 9.14. The molecular formula is C10H16N2O3S. The smallest absolute Gasteiger partial charge is 0.258 e. The Morgan fingerprint density at radius 3 is 2.56 bits per heavy atom. The standard InChI is InChI=1S/C10H16N2O3S/c1-2-7-5-6-10(7,11)9(13)12-16(14,15)8-3-4-8/h5-8H,2-4,11H2,1H3,(H,12,13). The zero-order valence-corrected chi connectivity index (χ0v) is 9.96. The van der Waals surface area contributed by atoms with Gasteiger partial charge in [0.25, 0.3) is 5.91 Å². The number of hydrogen-bond acceptors (Lipinski definition) is 4. The Morgan fingerprint density at radius 1 is 1.56 bits per heavy atom. The van der Waals surface area contributed by atoms with Crippen molar-refractivity contribution in [2.75, 3.05) is 0 Å². The van der Waals surface area contributed by atoms with Crippen LogP contribution in [0.15, 0.2) is 12.2 Å². The SMILES string of the molecule is CCC1C=CC1(N)C(=O)NS(=O)(=O)C1CC1. The molecule has 0 bridgehead atoms. The topological polar surface area (TPSA) is 89.3 Å². The van der Waals surface area contributed by atoms with Crippen LogP contribution in [0.3, 0.4) is 0 Å². The summed E-state index contributed by atoms with van der Waals surface area (Å²) in [7, 11) is -3.49. The van der Waals surface area contributed by atoms with Crippen molar-refractivity contribution in [1.29, 1.82) is 0 Å².